The summed E-state index contributed by atoms with van der Waals surface area (Å²) in [5, 5.41) is 37.7. The van der Waals surface area contributed by atoms with Crippen molar-refractivity contribution in [1.29, 1.82) is 0 Å². The maximum Gasteiger partial charge on any atom is 0.416 e. The number of nitrogens with zero attached hydrogens (tertiary/aromatic N) is 1. The number of halogens is 3. The van der Waals surface area contributed by atoms with E-state index in [0.717, 1.165) is 31.5 Å². The average molecular weight is 650 g/mol. The van der Waals surface area contributed by atoms with E-state index in [-0.39, 0.29) is 29.5 Å². The molecule has 1 heterocycles. The van der Waals surface area contributed by atoms with Gasteiger partial charge in [-0.3, -0.25) is 14.4 Å². The molecule has 4 aliphatic rings. The van der Waals surface area contributed by atoms with Gasteiger partial charge in [0.05, 0.1) is 16.1 Å². The van der Waals surface area contributed by atoms with Gasteiger partial charge in [-0.05, 0) is 87.9 Å². The van der Waals surface area contributed by atoms with Gasteiger partial charge in [0.25, 0.3) is 10.0 Å². The van der Waals surface area contributed by atoms with E-state index in [0.29, 0.717) is 48.6 Å². The molecule has 1 saturated heterocycles. The zero-order valence-corrected chi connectivity index (χ0v) is 26.1. The number of hydrogen-bond acceptors (Lipinski definition) is 7. The van der Waals surface area contributed by atoms with E-state index in [2.05, 4.69) is 14.9 Å². The highest BCUT2D eigenvalue weighted by atomic mass is 32.2. The van der Waals surface area contributed by atoms with Gasteiger partial charge in [0, 0.05) is 53.2 Å². The van der Waals surface area contributed by atoms with Crippen molar-refractivity contribution in [3.05, 3.63) is 64.4 Å². The third-order valence-corrected chi connectivity index (χ3v) is 11.6. The molecule has 2 bridgehead atoms. The second-order valence-corrected chi connectivity index (χ2v) is 15.0. The lowest BCUT2D eigenvalue weighted by molar-refractivity contribution is -0.167. The zero-order valence-electron chi connectivity index (χ0n) is 25.3. The normalized spacial score (nSPS) is 28.4. The van der Waals surface area contributed by atoms with E-state index < -0.39 is 61.3 Å². The van der Waals surface area contributed by atoms with Crippen molar-refractivity contribution >= 4 is 15.9 Å². The Bertz CT molecular complexity index is 1670. The van der Waals surface area contributed by atoms with E-state index in [9.17, 15) is 41.7 Å². The van der Waals surface area contributed by atoms with E-state index in [1.165, 1.54) is 6.07 Å². The molecule has 45 heavy (non-hydrogen) atoms. The van der Waals surface area contributed by atoms with Crippen LogP contribution in [0.15, 0.2) is 52.6 Å². The molecule has 1 saturated carbocycles. The summed E-state index contributed by atoms with van der Waals surface area (Å²) in [5.74, 6) is -1.77. The number of fused-ring (bicyclic) bond motifs is 1. The number of aromatic hydroxyl groups is 2. The van der Waals surface area contributed by atoms with Gasteiger partial charge in [0.2, 0.25) is 5.91 Å². The summed E-state index contributed by atoms with van der Waals surface area (Å²) in [6.45, 7) is 6.48. The Morgan fingerprint density at radius 1 is 1.11 bits per heavy atom. The average Bonchev–Trinajstić information content (AvgIpc) is 3.77. The van der Waals surface area contributed by atoms with Gasteiger partial charge in [-0.2, -0.15) is 13.2 Å². The predicted octanol–water partition coefficient (Wildman–Crippen LogP) is 3.92. The SMILES string of the molecule is CC(C)NC(=O)C1=C(NS(=O)(=O)c2ccc(C(F)(F)F)cc2)[C@H](C)[C@]23CCN(CC4CC4)[C@H](Cc4ccc(O)c(O)c42)[C@]3(O)C1. The molecule has 4 atom stereocenters. The number of phenolic OH excluding ortho intramolecular Hbond substituents is 2. The van der Waals surface area contributed by atoms with Crippen molar-refractivity contribution in [2.45, 2.75) is 87.0 Å². The summed E-state index contributed by atoms with van der Waals surface area (Å²) in [5.41, 5.74) is -2.90. The minimum absolute atomic E-state index is 0.0114. The van der Waals surface area contributed by atoms with Crippen LogP contribution in [0.1, 0.15) is 63.1 Å². The summed E-state index contributed by atoms with van der Waals surface area (Å²) in [6, 6.07) is 5.39. The first kappa shape index (κ1) is 31.7. The van der Waals surface area contributed by atoms with Crippen molar-refractivity contribution < 1.29 is 41.7 Å². The summed E-state index contributed by atoms with van der Waals surface area (Å²) in [6.07, 6.45) is -2.08. The highest BCUT2D eigenvalue weighted by Gasteiger charge is 2.69. The summed E-state index contributed by atoms with van der Waals surface area (Å²) >= 11 is 0. The zero-order chi connectivity index (χ0) is 32.7. The Kier molecular flexibility index (Phi) is 7.48. The molecule has 0 aromatic heterocycles. The number of hydrogen-bond donors (Lipinski definition) is 5. The molecular weight excluding hydrogens is 611 g/mol. The summed E-state index contributed by atoms with van der Waals surface area (Å²) in [4.78, 5) is 15.6. The van der Waals surface area contributed by atoms with Gasteiger partial charge in [-0.1, -0.05) is 13.0 Å². The number of alkyl halides is 3. The number of carbonyl (C=O) groups excluding carboxylic acids is 1. The van der Waals surface area contributed by atoms with Crippen molar-refractivity contribution in [2.75, 3.05) is 13.1 Å². The Balaban J connectivity index is 1.52. The molecular formula is C32H38F3N3O6S. The van der Waals surface area contributed by atoms with Crippen LogP contribution in [-0.2, 0) is 32.8 Å². The highest BCUT2D eigenvalue weighted by Crippen LogP contribution is 2.64. The number of sulfonamides is 1. The minimum atomic E-state index is -4.66. The van der Waals surface area contributed by atoms with E-state index in [1.807, 2.05) is 0 Å². The van der Waals surface area contributed by atoms with Gasteiger partial charge >= 0.3 is 6.18 Å². The first-order valence-electron chi connectivity index (χ1n) is 15.2. The van der Waals surface area contributed by atoms with Gasteiger partial charge in [0.15, 0.2) is 11.5 Å². The molecule has 2 aromatic carbocycles. The van der Waals surface area contributed by atoms with Crippen LogP contribution in [0.25, 0.3) is 0 Å². The topological polar surface area (TPSA) is 139 Å². The Labute approximate surface area is 260 Å². The maximum atomic E-state index is 13.8. The number of nitrogens with one attached hydrogen (secondary N) is 2. The minimum Gasteiger partial charge on any atom is -0.504 e. The molecule has 1 amide bonds. The van der Waals surface area contributed by atoms with Crippen LogP contribution in [0.3, 0.4) is 0 Å². The lowest BCUT2D eigenvalue weighted by Crippen LogP contribution is -2.75. The number of benzene rings is 2. The molecule has 3 aliphatic carbocycles. The molecule has 13 heteroatoms. The quantitative estimate of drug-likeness (QED) is 0.287. The Morgan fingerprint density at radius 3 is 2.38 bits per heavy atom. The first-order valence-corrected chi connectivity index (χ1v) is 16.7. The van der Waals surface area contributed by atoms with Crippen molar-refractivity contribution in [2.24, 2.45) is 11.8 Å². The smallest absolute Gasteiger partial charge is 0.416 e. The molecule has 0 unspecified atom stereocenters. The van der Waals surface area contributed by atoms with Crippen LogP contribution in [0.2, 0.25) is 0 Å². The summed E-state index contributed by atoms with van der Waals surface area (Å²) in [7, 11) is -4.51. The number of phenols is 2. The number of rotatable bonds is 7. The fraction of sp³-hybridized carbons (Fsp3) is 0.531. The van der Waals surface area contributed by atoms with Crippen LogP contribution in [0.5, 0.6) is 11.5 Å². The fourth-order valence-electron chi connectivity index (χ4n) is 7.96. The molecule has 6 rings (SSSR count). The van der Waals surface area contributed by atoms with E-state index in [4.69, 9.17) is 0 Å². The van der Waals surface area contributed by atoms with Gasteiger partial charge in [0.1, 0.15) is 0 Å². The van der Waals surface area contributed by atoms with Crippen molar-refractivity contribution in [3.63, 3.8) is 0 Å². The number of carbonyl (C=O) groups is 1. The molecule has 2 fully saturated rings. The number of piperidine rings is 1. The van der Waals surface area contributed by atoms with E-state index >= 15 is 0 Å². The highest BCUT2D eigenvalue weighted by molar-refractivity contribution is 7.89. The van der Waals surface area contributed by atoms with Crippen LogP contribution >= 0.6 is 0 Å². The van der Waals surface area contributed by atoms with Gasteiger partial charge < -0.3 is 20.6 Å². The molecule has 2 aromatic rings. The lowest BCUT2D eigenvalue weighted by Gasteiger charge is -2.66. The summed E-state index contributed by atoms with van der Waals surface area (Å²) < 4.78 is 69.6. The second-order valence-electron chi connectivity index (χ2n) is 13.3. The fourth-order valence-corrected chi connectivity index (χ4v) is 9.17. The van der Waals surface area contributed by atoms with Gasteiger partial charge in [-0.25, -0.2) is 8.42 Å². The standard InChI is InChI=1S/C32H38F3N3O6S/c1-17(2)36-29(41)23-15-31(42)25-14-20-6-11-24(39)28(40)26(20)30(31,12-13-38(25)16-19-4-5-19)18(3)27(23)37-45(43,44)22-9-7-21(8-10-22)32(33,34)35/h6-11,17-19,25,37,39-40,42H,4-5,12-16H2,1-3H3,(H,36,41)/t18-,25+,30+,31+/m0/s1. The largest absolute Gasteiger partial charge is 0.504 e. The molecule has 244 valence electrons. The van der Waals surface area contributed by atoms with Gasteiger partial charge in [-0.15, -0.1) is 0 Å². The third-order valence-electron chi connectivity index (χ3n) is 10.2. The molecule has 1 aliphatic heterocycles. The predicted molar refractivity (Wildman–Crippen MR) is 159 cm³/mol. The molecule has 5 N–H and O–H groups in total. The first-order chi connectivity index (χ1) is 21.0. The van der Waals surface area contributed by atoms with Crippen molar-refractivity contribution in [3.8, 4) is 11.5 Å². The second kappa shape index (κ2) is 10.6. The number of aliphatic hydroxyl groups is 1. The Morgan fingerprint density at radius 2 is 1.78 bits per heavy atom. The lowest BCUT2D eigenvalue weighted by atomic mass is 9.46. The Hall–Kier alpha value is -3.29. The third kappa shape index (κ3) is 5.07. The molecule has 0 radical (unpaired) electrons. The molecule has 0 spiro atoms. The number of likely N-dealkylation sites (tertiary alicyclic amines) is 1. The van der Waals surface area contributed by atoms with Crippen LogP contribution in [-0.4, -0.2) is 65.3 Å². The van der Waals surface area contributed by atoms with Crippen LogP contribution in [0.4, 0.5) is 13.2 Å². The number of allylic oxidation sites excluding steroid dienone is 1. The maximum absolute atomic E-state index is 13.8. The monoisotopic (exact) mass is 649 g/mol. The van der Waals surface area contributed by atoms with Crippen LogP contribution in [0, 0.1) is 11.8 Å². The van der Waals surface area contributed by atoms with Crippen LogP contribution < -0.4 is 10.0 Å². The molecule has 9 nitrogen and oxygen atoms in total. The van der Waals surface area contributed by atoms with Crippen molar-refractivity contribution in [1.82, 2.24) is 14.9 Å². The number of amides is 1. The van der Waals surface area contributed by atoms with E-state index in [1.54, 1.807) is 26.8 Å².